The van der Waals surface area contributed by atoms with E-state index in [9.17, 15) is 4.79 Å². The molecule has 0 aliphatic heterocycles. The number of nitrogens with zero attached hydrogens (tertiary/aromatic N) is 1. The molecule has 0 spiro atoms. The molecule has 0 aliphatic rings. The first-order valence-electron chi connectivity index (χ1n) is 9.33. The minimum absolute atomic E-state index is 0.0219. The summed E-state index contributed by atoms with van der Waals surface area (Å²) in [6.45, 7) is 6.65. The smallest absolute Gasteiger partial charge is 0.257 e. The zero-order valence-corrected chi connectivity index (χ0v) is 16.4. The molecule has 1 amide bonds. The highest BCUT2D eigenvalue weighted by molar-refractivity contribution is 6.05. The zero-order valence-electron chi connectivity index (χ0n) is 16.4. The van der Waals surface area contributed by atoms with E-state index in [1.807, 2.05) is 50.2 Å². The Morgan fingerprint density at radius 3 is 2.61 bits per heavy atom. The summed E-state index contributed by atoms with van der Waals surface area (Å²) in [6.07, 6.45) is 3.29. The van der Waals surface area contributed by atoms with Gasteiger partial charge in [-0.1, -0.05) is 36.4 Å². The monoisotopic (exact) mass is 375 g/mol. The summed E-state index contributed by atoms with van der Waals surface area (Å²) >= 11 is 0. The van der Waals surface area contributed by atoms with Crippen molar-refractivity contribution >= 4 is 17.3 Å². The van der Waals surface area contributed by atoms with Crippen LogP contribution in [0.15, 0.2) is 67.0 Å². The van der Waals surface area contributed by atoms with Crippen molar-refractivity contribution in [1.29, 1.82) is 0 Å². The maximum atomic E-state index is 12.7. The van der Waals surface area contributed by atoms with Gasteiger partial charge in [0.2, 0.25) is 0 Å². The molecule has 28 heavy (non-hydrogen) atoms. The number of para-hydroxylation sites is 2. The van der Waals surface area contributed by atoms with Crippen molar-refractivity contribution in [2.75, 3.05) is 10.6 Å². The van der Waals surface area contributed by atoms with Crippen LogP contribution in [0.4, 0.5) is 11.4 Å². The van der Waals surface area contributed by atoms with Crippen LogP contribution in [0.1, 0.15) is 35.3 Å². The van der Waals surface area contributed by atoms with Gasteiger partial charge >= 0.3 is 0 Å². The highest BCUT2D eigenvalue weighted by atomic mass is 16.5. The number of rotatable bonds is 7. The summed E-state index contributed by atoms with van der Waals surface area (Å²) in [4.78, 5) is 16.9. The Bertz CT molecular complexity index is 954. The minimum Gasteiger partial charge on any atom is -0.489 e. The topological polar surface area (TPSA) is 63.2 Å². The Labute approximate surface area is 165 Å². The van der Waals surface area contributed by atoms with E-state index >= 15 is 0 Å². The average Bonchev–Trinajstić information content (AvgIpc) is 2.69. The number of aryl methyl sites for hydroxylation is 1. The molecule has 2 aromatic carbocycles. The van der Waals surface area contributed by atoms with Crippen LogP contribution >= 0.6 is 0 Å². The number of carbonyl (C=O) groups is 1. The lowest BCUT2D eigenvalue weighted by Crippen LogP contribution is -2.15. The Morgan fingerprint density at radius 2 is 1.82 bits per heavy atom. The third-order valence-electron chi connectivity index (χ3n) is 4.24. The minimum atomic E-state index is -0.230. The van der Waals surface area contributed by atoms with E-state index in [0.29, 0.717) is 23.5 Å². The number of ether oxygens (including phenoxy) is 1. The molecule has 0 saturated heterocycles. The van der Waals surface area contributed by atoms with Gasteiger partial charge in [0, 0.05) is 18.9 Å². The quantitative estimate of drug-likeness (QED) is 0.607. The number of benzene rings is 2. The van der Waals surface area contributed by atoms with E-state index < -0.39 is 0 Å². The van der Waals surface area contributed by atoms with Crippen molar-refractivity contribution in [3.63, 3.8) is 0 Å². The predicted molar refractivity (Wildman–Crippen MR) is 113 cm³/mol. The first kappa shape index (κ1) is 19.4. The van der Waals surface area contributed by atoms with Gasteiger partial charge in [-0.25, -0.2) is 0 Å². The molecule has 1 aromatic heterocycles. The molecule has 3 aromatic rings. The number of nitrogens with one attached hydrogen (secondary N) is 2. The van der Waals surface area contributed by atoms with Gasteiger partial charge in [0.15, 0.2) is 0 Å². The predicted octanol–water partition coefficient (Wildman–Crippen LogP) is 5.04. The molecular weight excluding hydrogens is 350 g/mol. The van der Waals surface area contributed by atoms with Crippen molar-refractivity contribution in [2.24, 2.45) is 0 Å². The van der Waals surface area contributed by atoms with Crippen LogP contribution in [0.5, 0.6) is 5.75 Å². The van der Waals surface area contributed by atoms with E-state index in [1.54, 1.807) is 18.5 Å². The third kappa shape index (κ3) is 5.10. The second-order valence-electron chi connectivity index (χ2n) is 6.86. The largest absolute Gasteiger partial charge is 0.489 e. The number of anilines is 2. The maximum absolute atomic E-state index is 12.7. The Morgan fingerprint density at radius 1 is 1.07 bits per heavy atom. The number of pyridine rings is 1. The van der Waals surface area contributed by atoms with Crippen LogP contribution in [0, 0.1) is 6.92 Å². The van der Waals surface area contributed by atoms with E-state index in [4.69, 9.17) is 4.74 Å². The van der Waals surface area contributed by atoms with Crippen LogP contribution < -0.4 is 15.4 Å². The highest BCUT2D eigenvalue weighted by Gasteiger charge is 2.12. The zero-order chi connectivity index (χ0) is 19.9. The molecule has 144 valence electrons. The van der Waals surface area contributed by atoms with Gasteiger partial charge in [0.05, 0.1) is 23.0 Å². The highest BCUT2D eigenvalue weighted by Crippen LogP contribution is 2.25. The number of hydrogen-bond donors (Lipinski definition) is 2. The molecule has 0 atom stereocenters. The summed E-state index contributed by atoms with van der Waals surface area (Å²) in [6, 6.07) is 17.4. The van der Waals surface area contributed by atoms with Crippen LogP contribution in [-0.4, -0.2) is 17.0 Å². The fourth-order valence-corrected chi connectivity index (χ4v) is 2.79. The number of aromatic nitrogens is 1. The van der Waals surface area contributed by atoms with Gasteiger partial charge in [0.25, 0.3) is 5.91 Å². The van der Waals surface area contributed by atoms with Gasteiger partial charge in [-0.05, 0) is 50.1 Å². The average molecular weight is 375 g/mol. The van der Waals surface area contributed by atoms with Crippen molar-refractivity contribution in [3.05, 3.63) is 83.7 Å². The first-order valence-corrected chi connectivity index (χ1v) is 9.33. The standard InChI is InChI=1S/C23H25N3O2/c1-16(2)28-22-11-7-6-10-21(22)26-23(27)19-12-20(15-24-13-19)25-14-18-9-5-4-8-17(18)3/h4-13,15-16,25H,14H2,1-3H3,(H,26,27). The summed E-state index contributed by atoms with van der Waals surface area (Å²) < 4.78 is 5.76. The lowest BCUT2D eigenvalue weighted by molar-refractivity contribution is 0.102. The second kappa shape index (κ2) is 9.04. The fraction of sp³-hybridized carbons (Fsp3) is 0.217. The van der Waals surface area contributed by atoms with Crippen LogP contribution in [-0.2, 0) is 6.54 Å². The molecule has 0 aliphatic carbocycles. The molecule has 0 saturated carbocycles. The summed E-state index contributed by atoms with van der Waals surface area (Å²) in [7, 11) is 0. The molecule has 0 radical (unpaired) electrons. The Kier molecular flexibility index (Phi) is 6.27. The van der Waals surface area contributed by atoms with Crippen molar-refractivity contribution in [3.8, 4) is 5.75 Å². The van der Waals surface area contributed by atoms with Crippen molar-refractivity contribution in [1.82, 2.24) is 4.98 Å². The van der Waals surface area contributed by atoms with Crippen molar-refractivity contribution in [2.45, 2.75) is 33.4 Å². The molecule has 0 unspecified atom stereocenters. The summed E-state index contributed by atoms with van der Waals surface area (Å²) in [5, 5.41) is 6.24. The lowest BCUT2D eigenvalue weighted by atomic mass is 10.1. The second-order valence-corrected chi connectivity index (χ2v) is 6.86. The Hall–Kier alpha value is -3.34. The van der Waals surface area contributed by atoms with Crippen LogP contribution in [0.3, 0.4) is 0 Å². The van der Waals surface area contributed by atoms with Gasteiger partial charge in [0.1, 0.15) is 5.75 Å². The molecule has 5 nitrogen and oxygen atoms in total. The van der Waals surface area contributed by atoms with E-state index in [2.05, 4.69) is 34.7 Å². The van der Waals surface area contributed by atoms with Crippen molar-refractivity contribution < 1.29 is 9.53 Å². The summed E-state index contributed by atoms with van der Waals surface area (Å²) in [5.74, 6) is 0.416. The van der Waals surface area contributed by atoms with Crippen LogP contribution in [0.2, 0.25) is 0 Å². The molecule has 0 fully saturated rings. The SMILES string of the molecule is Cc1ccccc1CNc1cncc(C(=O)Nc2ccccc2OC(C)C)c1. The van der Waals surface area contributed by atoms with Crippen LogP contribution in [0.25, 0.3) is 0 Å². The van der Waals surface area contributed by atoms with E-state index in [1.165, 1.54) is 11.1 Å². The number of amides is 1. The van der Waals surface area contributed by atoms with E-state index in [0.717, 1.165) is 5.69 Å². The third-order valence-corrected chi connectivity index (χ3v) is 4.24. The van der Waals surface area contributed by atoms with Gasteiger partial charge in [-0.3, -0.25) is 9.78 Å². The molecular formula is C23H25N3O2. The number of hydrogen-bond acceptors (Lipinski definition) is 4. The first-order chi connectivity index (χ1) is 13.5. The van der Waals surface area contributed by atoms with Gasteiger partial charge in [-0.15, -0.1) is 0 Å². The Balaban J connectivity index is 1.70. The molecule has 2 N–H and O–H groups in total. The normalized spacial score (nSPS) is 10.6. The molecule has 0 bridgehead atoms. The molecule has 1 heterocycles. The lowest BCUT2D eigenvalue weighted by Gasteiger charge is -2.15. The molecule has 3 rings (SSSR count). The number of carbonyl (C=O) groups excluding carboxylic acids is 1. The van der Waals surface area contributed by atoms with E-state index in [-0.39, 0.29) is 12.0 Å². The summed E-state index contributed by atoms with van der Waals surface area (Å²) in [5.41, 5.74) is 4.34. The maximum Gasteiger partial charge on any atom is 0.257 e. The van der Waals surface area contributed by atoms with Gasteiger partial charge in [-0.2, -0.15) is 0 Å². The van der Waals surface area contributed by atoms with Gasteiger partial charge < -0.3 is 15.4 Å². The fourth-order valence-electron chi connectivity index (χ4n) is 2.79. The molecule has 5 heteroatoms.